The third kappa shape index (κ3) is 3.64. The van der Waals surface area contributed by atoms with E-state index in [9.17, 15) is 4.39 Å². The lowest BCUT2D eigenvalue weighted by molar-refractivity contribution is 0.577. The normalized spacial score (nSPS) is 12.6. The number of benzene rings is 1. The Morgan fingerprint density at radius 3 is 2.95 bits per heavy atom. The zero-order chi connectivity index (χ0) is 13.7. The lowest BCUT2D eigenvalue weighted by atomic mass is 10.0. The van der Waals surface area contributed by atoms with Crippen LogP contribution in [0, 0.1) is 5.82 Å². The molecular formula is C15H20FN3. The number of rotatable bonds is 6. The van der Waals surface area contributed by atoms with Crippen LogP contribution in [0.3, 0.4) is 0 Å². The topological polar surface area (TPSA) is 29.9 Å². The molecule has 1 N–H and O–H groups in total. The van der Waals surface area contributed by atoms with Crippen molar-refractivity contribution in [3.63, 3.8) is 0 Å². The molecule has 0 aliphatic rings. The van der Waals surface area contributed by atoms with Crippen LogP contribution in [0.1, 0.15) is 30.5 Å². The van der Waals surface area contributed by atoms with Gasteiger partial charge in [0.2, 0.25) is 0 Å². The molecule has 4 heteroatoms. The molecule has 2 rings (SSSR count). The van der Waals surface area contributed by atoms with Gasteiger partial charge in [-0.1, -0.05) is 19.1 Å². The van der Waals surface area contributed by atoms with Crippen molar-refractivity contribution in [2.45, 2.75) is 32.4 Å². The summed E-state index contributed by atoms with van der Waals surface area (Å²) in [6.07, 6.45) is 5.77. The monoisotopic (exact) mass is 261 g/mol. The van der Waals surface area contributed by atoms with Crippen LogP contribution >= 0.6 is 0 Å². The molecule has 0 aliphatic carbocycles. The van der Waals surface area contributed by atoms with Gasteiger partial charge in [0, 0.05) is 24.3 Å². The molecule has 0 saturated heterocycles. The fourth-order valence-electron chi connectivity index (χ4n) is 2.20. The zero-order valence-electron chi connectivity index (χ0n) is 11.4. The lowest BCUT2D eigenvalue weighted by Crippen LogP contribution is -2.18. The molecule has 0 amide bonds. The number of nitrogens with zero attached hydrogens (tertiary/aromatic N) is 2. The minimum absolute atomic E-state index is 0.160. The van der Waals surface area contributed by atoms with Crippen LogP contribution in [0.25, 0.3) is 0 Å². The molecule has 0 bridgehead atoms. The first-order valence-electron chi connectivity index (χ1n) is 6.67. The largest absolute Gasteiger partial charge is 0.313 e. The highest BCUT2D eigenvalue weighted by Crippen LogP contribution is 2.18. The lowest BCUT2D eigenvalue weighted by Gasteiger charge is -2.14. The molecule has 19 heavy (non-hydrogen) atoms. The molecule has 0 saturated carbocycles. The zero-order valence-corrected chi connectivity index (χ0v) is 11.4. The van der Waals surface area contributed by atoms with Gasteiger partial charge in [-0.2, -0.15) is 5.10 Å². The van der Waals surface area contributed by atoms with E-state index in [1.165, 1.54) is 6.07 Å². The van der Waals surface area contributed by atoms with Gasteiger partial charge in [-0.05, 0) is 37.6 Å². The van der Waals surface area contributed by atoms with E-state index >= 15 is 0 Å². The number of halogens is 1. The van der Waals surface area contributed by atoms with E-state index in [-0.39, 0.29) is 11.9 Å². The van der Waals surface area contributed by atoms with Crippen LogP contribution in [-0.4, -0.2) is 16.8 Å². The highest BCUT2D eigenvalue weighted by Gasteiger charge is 2.12. The molecule has 0 spiro atoms. The van der Waals surface area contributed by atoms with Crippen molar-refractivity contribution < 1.29 is 4.39 Å². The van der Waals surface area contributed by atoms with Crippen molar-refractivity contribution in [2.24, 2.45) is 0 Å². The third-order valence-electron chi connectivity index (χ3n) is 3.19. The van der Waals surface area contributed by atoms with Gasteiger partial charge in [0.15, 0.2) is 0 Å². The summed E-state index contributed by atoms with van der Waals surface area (Å²) in [6, 6.07) is 6.91. The third-order valence-corrected chi connectivity index (χ3v) is 3.19. The maximum atomic E-state index is 13.2. The molecule has 1 aromatic heterocycles. The van der Waals surface area contributed by atoms with Crippen molar-refractivity contribution in [3.8, 4) is 0 Å². The van der Waals surface area contributed by atoms with Gasteiger partial charge >= 0.3 is 0 Å². The maximum absolute atomic E-state index is 13.2. The van der Waals surface area contributed by atoms with Crippen molar-refractivity contribution in [3.05, 3.63) is 53.6 Å². The summed E-state index contributed by atoms with van der Waals surface area (Å²) in [6.45, 7) is 3.06. The van der Waals surface area contributed by atoms with Crippen molar-refractivity contribution in [2.75, 3.05) is 7.05 Å². The summed E-state index contributed by atoms with van der Waals surface area (Å²) in [5.41, 5.74) is 2.13. The molecule has 102 valence electrons. The van der Waals surface area contributed by atoms with Crippen LogP contribution in [-0.2, 0) is 13.0 Å². The van der Waals surface area contributed by atoms with Gasteiger partial charge in [-0.3, -0.25) is 4.68 Å². The van der Waals surface area contributed by atoms with Crippen molar-refractivity contribution in [1.82, 2.24) is 15.1 Å². The van der Waals surface area contributed by atoms with Crippen LogP contribution in [0.4, 0.5) is 4.39 Å². The molecular weight excluding hydrogens is 241 g/mol. The quantitative estimate of drug-likeness (QED) is 0.866. The minimum Gasteiger partial charge on any atom is -0.313 e. The predicted molar refractivity (Wildman–Crippen MR) is 74.4 cm³/mol. The molecule has 0 radical (unpaired) electrons. The molecule has 0 fully saturated rings. The Hall–Kier alpha value is -1.68. The van der Waals surface area contributed by atoms with Gasteiger partial charge in [-0.15, -0.1) is 0 Å². The number of likely N-dealkylation sites (N-methyl/N-ethyl adjacent to an activating group) is 1. The summed E-state index contributed by atoms with van der Waals surface area (Å²) in [5, 5.41) is 7.60. The number of aryl methyl sites for hydroxylation is 1. The van der Waals surface area contributed by atoms with Gasteiger partial charge < -0.3 is 5.32 Å². The summed E-state index contributed by atoms with van der Waals surface area (Å²) in [7, 11) is 1.92. The Balaban J connectivity index is 2.10. The second kappa shape index (κ2) is 6.48. The Bertz CT molecular complexity index is 522. The van der Waals surface area contributed by atoms with E-state index in [1.807, 2.05) is 24.0 Å². The van der Waals surface area contributed by atoms with Gasteiger partial charge in [0.1, 0.15) is 5.82 Å². The SMILES string of the molecule is CCCn1cc(C(Cc2cccc(F)c2)NC)cn1. The fraction of sp³-hybridized carbons (Fsp3) is 0.400. The Kier molecular flexibility index (Phi) is 4.68. The number of hydrogen-bond donors (Lipinski definition) is 1. The van der Waals surface area contributed by atoms with E-state index in [4.69, 9.17) is 0 Å². The van der Waals surface area contributed by atoms with E-state index < -0.39 is 0 Å². The molecule has 1 atom stereocenters. The summed E-state index contributed by atoms with van der Waals surface area (Å²) >= 11 is 0. The second-order valence-corrected chi connectivity index (χ2v) is 4.71. The summed E-state index contributed by atoms with van der Waals surface area (Å²) < 4.78 is 15.1. The first-order chi connectivity index (χ1) is 9.22. The predicted octanol–water partition coefficient (Wildman–Crippen LogP) is 2.94. The maximum Gasteiger partial charge on any atom is 0.123 e. The fourth-order valence-corrected chi connectivity index (χ4v) is 2.20. The molecule has 1 unspecified atom stereocenters. The number of aromatic nitrogens is 2. The van der Waals surface area contributed by atoms with E-state index in [0.29, 0.717) is 0 Å². The Morgan fingerprint density at radius 2 is 2.26 bits per heavy atom. The number of nitrogens with one attached hydrogen (secondary N) is 1. The summed E-state index contributed by atoms with van der Waals surface area (Å²) in [5.74, 6) is -0.186. The molecule has 1 aromatic carbocycles. The van der Waals surface area contributed by atoms with Gasteiger partial charge in [0.25, 0.3) is 0 Å². The van der Waals surface area contributed by atoms with E-state index in [0.717, 1.165) is 30.5 Å². The first kappa shape index (κ1) is 13.7. The standard InChI is InChI=1S/C15H20FN3/c1-3-7-19-11-13(10-18-19)15(17-2)9-12-5-4-6-14(16)8-12/h4-6,8,10-11,15,17H,3,7,9H2,1-2H3. The minimum atomic E-state index is -0.186. The number of hydrogen-bond acceptors (Lipinski definition) is 2. The average Bonchev–Trinajstić information content (AvgIpc) is 2.85. The second-order valence-electron chi connectivity index (χ2n) is 4.71. The van der Waals surface area contributed by atoms with Crippen LogP contribution in [0.5, 0.6) is 0 Å². The molecule has 3 nitrogen and oxygen atoms in total. The average molecular weight is 261 g/mol. The van der Waals surface area contributed by atoms with Crippen molar-refractivity contribution >= 4 is 0 Å². The molecule has 1 heterocycles. The van der Waals surface area contributed by atoms with Crippen LogP contribution in [0.2, 0.25) is 0 Å². The summed E-state index contributed by atoms with van der Waals surface area (Å²) in [4.78, 5) is 0. The van der Waals surface area contributed by atoms with Crippen molar-refractivity contribution in [1.29, 1.82) is 0 Å². The highest BCUT2D eigenvalue weighted by molar-refractivity contribution is 5.21. The smallest absolute Gasteiger partial charge is 0.123 e. The van der Waals surface area contributed by atoms with Gasteiger partial charge in [-0.25, -0.2) is 4.39 Å². The van der Waals surface area contributed by atoms with E-state index in [1.54, 1.807) is 12.1 Å². The molecule has 0 aliphatic heterocycles. The highest BCUT2D eigenvalue weighted by atomic mass is 19.1. The Morgan fingerprint density at radius 1 is 1.42 bits per heavy atom. The molecule has 2 aromatic rings. The Labute approximate surface area is 113 Å². The van der Waals surface area contributed by atoms with Crippen LogP contribution < -0.4 is 5.32 Å². The van der Waals surface area contributed by atoms with E-state index in [2.05, 4.69) is 23.5 Å². The first-order valence-corrected chi connectivity index (χ1v) is 6.67. The van der Waals surface area contributed by atoms with Gasteiger partial charge in [0.05, 0.1) is 6.20 Å². The van der Waals surface area contributed by atoms with Crippen LogP contribution in [0.15, 0.2) is 36.7 Å².